The lowest BCUT2D eigenvalue weighted by atomic mass is 9.92. The molecule has 0 fully saturated rings. The molecular formula is C16H14F5NO3S. The van der Waals surface area contributed by atoms with Crippen LogP contribution in [0.5, 0.6) is 0 Å². The van der Waals surface area contributed by atoms with Gasteiger partial charge in [0.1, 0.15) is 6.10 Å². The first-order valence-corrected chi connectivity index (χ1v) is 9.02. The van der Waals surface area contributed by atoms with Gasteiger partial charge in [0.2, 0.25) is 0 Å². The van der Waals surface area contributed by atoms with Crippen LogP contribution >= 0.6 is 0 Å². The van der Waals surface area contributed by atoms with Crippen LogP contribution in [0, 0.1) is 0 Å². The third-order valence-electron chi connectivity index (χ3n) is 4.61. The third kappa shape index (κ3) is 2.58. The highest BCUT2D eigenvalue weighted by Gasteiger charge is 2.55. The van der Waals surface area contributed by atoms with E-state index >= 15 is 0 Å². The number of alkyl halides is 5. The molecule has 26 heavy (non-hydrogen) atoms. The molecule has 1 N–H and O–H groups in total. The number of nitrogens with zero attached hydrogens (tertiary/aromatic N) is 1. The number of aliphatic imine (C=N–C) groups is 1. The molecular weight excluding hydrogens is 381 g/mol. The van der Waals surface area contributed by atoms with Crippen LogP contribution in [0.15, 0.2) is 27.6 Å². The lowest BCUT2D eigenvalue weighted by Crippen LogP contribution is -2.26. The fourth-order valence-electron chi connectivity index (χ4n) is 3.40. The zero-order valence-corrected chi connectivity index (χ0v) is 14.5. The van der Waals surface area contributed by atoms with Gasteiger partial charge in [-0.25, -0.2) is 17.2 Å². The summed E-state index contributed by atoms with van der Waals surface area (Å²) < 4.78 is 90.6. The molecule has 0 radical (unpaired) electrons. The summed E-state index contributed by atoms with van der Waals surface area (Å²) in [6, 6.07) is 1.71. The largest absolute Gasteiger partial charge is 0.501 e. The topological polar surface area (TPSA) is 66.7 Å². The zero-order valence-electron chi connectivity index (χ0n) is 13.7. The Balaban J connectivity index is 2.34. The summed E-state index contributed by atoms with van der Waals surface area (Å²) in [4.78, 5) is 2.83. The van der Waals surface area contributed by atoms with Gasteiger partial charge in [0.05, 0.1) is 11.4 Å². The van der Waals surface area contributed by atoms with Gasteiger partial charge >= 0.3 is 5.51 Å². The van der Waals surface area contributed by atoms with E-state index in [1.807, 2.05) is 0 Å². The summed E-state index contributed by atoms with van der Waals surface area (Å²) in [7, 11) is -5.89. The van der Waals surface area contributed by atoms with Crippen LogP contribution in [-0.2, 0) is 16.3 Å². The predicted octanol–water partition coefficient (Wildman–Crippen LogP) is 3.45. The molecule has 0 amide bonds. The van der Waals surface area contributed by atoms with Crippen molar-refractivity contribution in [3.63, 3.8) is 0 Å². The average Bonchev–Trinajstić information content (AvgIpc) is 2.95. The highest BCUT2D eigenvalue weighted by Crippen LogP contribution is 2.50. The fourth-order valence-corrected chi connectivity index (χ4v) is 4.42. The van der Waals surface area contributed by atoms with Crippen LogP contribution in [0.1, 0.15) is 36.6 Å². The smallest absolute Gasteiger partial charge is 0.382 e. The van der Waals surface area contributed by atoms with Gasteiger partial charge in [-0.05, 0) is 36.6 Å². The number of hydrogen-bond acceptors (Lipinski definition) is 4. The number of sulfone groups is 1. The summed E-state index contributed by atoms with van der Waals surface area (Å²) in [5, 5.41) is 9.89. The molecule has 0 unspecified atom stereocenters. The molecule has 1 aromatic rings. The summed E-state index contributed by atoms with van der Waals surface area (Å²) in [5.74, 6) is -3.77. The van der Waals surface area contributed by atoms with Gasteiger partial charge in [-0.1, -0.05) is 6.07 Å². The second kappa shape index (κ2) is 5.59. The third-order valence-corrected chi connectivity index (χ3v) is 6.15. The van der Waals surface area contributed by atoms with E-state index in [1.165, 1.54) is 0 Å². The molecule has 0 saturated carbocycles. The van der Waals surface area contributed by atoms with Crippen molar-refractivity contribution in [2.45, 2.75) is 42.7 Å². The van der Waals surface area contributed by atoms with Crippen LogP contribution < -0.4 is 0 Å². The minimum absolute atomic E-state index is 0.175. The second-order valence-corrected chi connectivity index (χ2v) is 8.26. The molecule has 1 heterocycles. The Morgan fingerprint density at radius 2 is 1.85 bits per heavy atom. The van der Waals surface area contributed by atoms with Crippen molar-refractivity contribution in [1.29, 1.82) is 0 Å². The van der Waals surface area contributed by atoms with Crippen molar-refractivity contribution in [3.8, 4) is 0 Å². The number of halogens is 5. The van der Waals surface area contributed by atoms with Crippen molar-refractivity contribution in [2.24, 2.45) is 4.99 Å². The number of rotatable bonds is 2. The first kappa shape index (κ1) is 19.0. The first-order valence-electron chi connectivity index (χ1n) is 7.53. The highest BCUT2D eigenvalue weighted by molar-refractivity contribution is 7.92. The molecule has 0 aromatic heterocycles. The normalized spacial score (nSPS) is 22.6. The Bertz CT molecular complexity index is 961. The van der Waals surface area contributed by atoms with E-state index in [4.69, 9.17) is 0 Å². The Morgan fingerprint density at radius 1 is 1.23 bits per heavy atom. The van der Waals surface area contributed by atoms with Crippen LogP contribution in [0.3, 0.4) is 0 Å². The van der Waals surface area contributed by atoms with Crippen molar-refractivity contribution in [1.82, 2.24) is 0 Å². The molecule has 4 nitrogen and oxygen atoms in total. The van der Waals surface area contributed by atoms with Crippen molar-refractivity contribution in [3.05, 3.63) is 34.4 Å². The van der Waals surface area contributed by atoms with E-state index in [-0.39, 0.29) is 11.1 Å². The van der Waals surface area contributed by atoms with E-state index < -0.39 is 44.3 Å². The Labute approximate surface area is 146 Å². The molecule has 142 valence electrons. The lowest BCUT2D eigenvalue weighted by molar-refractivity contribution is -0.0978. The van der Waals surface area contributed by atoms with E-state index in [2.05, 4.69) is 4.99 Å². The monoisotopic (exact) mass is 395 g/mol. The van der Waals surface area contributed by atoms with Gasteiger partial charge < -0.3 is 5.11 Å². The van der Waals surface area contributed by atoms with Gasteiger partial charge in [0.15, 0.2) is 0 Å². The second-order valence-electron chi connectivity index (χ2n) is 6.35. The average molecular weight is 395 g/mol. The zero-order chi connectivity index (χ0) is 19.7. The van der Waals surface area contributed by atoms with Crippen molar-refractivity contribution < 1.29 is 35.5 Å². The molecule has 1 aliphatic carbocycles. The molecule has 0 bridgehead atoms. The molecule has 3 rings (SSSR count). The van der Waals surface area contributed by atoms with E-state index in [9.17, 15) is 35.5 Å². The SMILES string of the molecule is CC1=NCC(C)=C1c1ccc(S(=O)(=O)C(F)(F)F)c2c1CC(F)(F)[C@H]2O. The standard InChI is InChI=1S/C16H14F5NO3S/c1-7-6-22-8(2)12(7)9-3-4-11(26(24,25)16(19,20)21)13-10(9)5-15(17,18)14(13)23/h3-4,14,23H,5-6H2,1-2H3/t14-/m0/s1. The minimum atomic E-state index is -5.89. The number of aliphatic hydroxyl groups excluding tert-OH is 1. The summed E-state index contributed by atoms with van der Waals surface area (Å²) >= 11 is 0. The van der Waals surface area contributed by atoms with Gasteiger partial charge in [0.25, 0.3) is 15.8 Å². The summed E-state index contributed by atoms with van der Waals surface area (Å²) in [6.45, 7) is 3.64. The molecule has 0 spiro atoms. The van der Waals surface area contributed by atoms with Gasteiger partial charge in [-0.2, -0.15) is 13.2 Å². The van der Waals surface area contributed by atoms with Crippen LogP contribution in [0.2, 0.25) is 0 Å². The summed E-state index contributed by atoms with van der Waals surface area (Å²) in [6.07, 6.45) is -3.69. The van der Waals surface area contributed by atoms with Crippen molar-refractivity contribution >= 4 is 21.1 Å². The number of aliphatic hydroxyl groups is 1. The summed E-state index contributed by atoms with van der Waals surface area (Å²) in [5.41, 5.74) is -4.94. The maximum absolute atomic E-state index is 14.1. The van der Waals surface area contributed by atoms with Crippen LogP contribution in [0.4, 0.5) is 22.0 Å². The van der Waals surface area contributed by atoms with Crippen LogP contribution in [-0.4, -0.2) is 37.2 Å². The molecule has 10 heteroatoms. The maximum atomic E-state index is 14.1. The predicted molar refractivity (Wildman–Crippen MR) is 83.9 cm³/mol. The number of hydrogen-bond donors (Lipinski definition) is 1. The maximum Gasteiger partial charge on any atom is 0.501 e. The molecule has 2 aliphatic rings. The van der Waals surface area contributed by atoms with Gasteiger partial charge in [-0.15, -0.1) is 0 Å². The Kier molecular flexibility index (Phi) is 4.08. The Morgan fingerprint density at radius 3 is 2.35 bits per heavy atom. The quantitative estimate of drug-likeness (QED) is 0.780. The fraction of sp³-hybridized carbons (Fsp3) is 0.438. The van der Waals surface area contributed by atoms with Gasteiger partial charge in [-0.3, -0.25) is 4.99 Å². The van der Waals surface area contributed by atoms with Crippen molar-refractivity contribution in [2.75, 3.05) is 6.54 Å². The lowest BCUT2D eigenvalue weighted by Gasteiger charge is -2.18. The molecule has 0 saturated heterocycles. The number of fused-ring (bicyclic) bond motifs is 1. The minimum Gasteiger partial charge on any atom is -0.382 e. The number of allylic oxidation sites excluding steroid dienone is 1. The van der Waals surface area contributed by atoms with E-state index in [1.54, 1.807) is 13.8 Å². The van der Waals surface area contributed by atoms with Crippen LogP contribution in [0.25, 0.3) is 5.57 Å². The Hall–Kier alpha value is -1.81. The molecule has 1 atom stereocenters. The molecule has 1 aliphatic heterocycles. The van der Waals surface area contributed by atoms with Gasteiger partial charge in [0, 0.05) is 23.3 Å². The highest BCUT2D eigenvalue weighted by atomic mass is 32.2. The van der Waals surface area contributed by atoms with E-state index in [0.717, 1.165) is 11.6 Å². The first-order chi connectivity index (χ1) is 11.8. The molecule has 1 aromatic carbocycles. The number of benzene rings is 1. The van der Waals surface area contributed by atoms with E-state index in [0.29, 0.717) is 23.9 Å².